The highest BCUT2D eigenvalue weighted by Crippen LogP contribution is 2.32. The lowest BCUT2D eigenvalue weighted by Crippen LogP contribution is -2.52. The van der Waals surface area contributed by atoms with Gasteiger partial charge in [-0.05, 0) is 58.0 Å². The van der Waals surface area contributed by atoms with E-state index in [1.807, 2.05) is 6.07 Å². The Morgan fingerprint density at radius 3 is 2.81 bits per heavy atom. The molecule has 1 aliphatic rings. The second-order valence-corrected chi connectivity index (χ2v) is 6.55. The SMILES string of the molecule is CCNC(C)c1cc(F)ccc1N1CC(C)OC(C)(C)C1. The van der Waals surface area contributed by atoms with Crippen LogP contribution in [0.5, 0.6) is 0 Å². The molecule has 0 amide bonds. The van der Waals surface area contributed by atoms with E-state index in [0.717, 1.165) is 30.9 Å². The number of nitrogens with zero attached hydrogens (tertiary/aromatic N) is 1. The normalized spacial score (nSPS) is 23.1. The Hall–Kier alpha value is -1.13. The fourth-order valence-corrected chi connectivity index (χ4v) is 3.21. The molecule has 1 fully saturated rings. The maximum absolute atomic E-state index is 13.7. The van der Waals surface area contributed by atoms with Crippen molar-refractivity contribution in [2.24, 2.45) is 0 Å². The van der Waals surface area contributed by atoms with E-state index in [9.17, 15) is 4.39 Å². The Bertz CT molecular complexity index is 490. The largest absolute Gasteiger partial charge is 0.369 e. The van der Waals surface area contributed by atoms with Gasteiger partial charge in [0.25, 0.3) is 0 Å². The molecule has 0 aliphatic carbocycles. The molecule has 1 heterocycles. The zero-order chi connectivity index (χ0) is 15.6. The van der Waals surface area contributed by atoms with Gasteiger partial charge in [-0.25, -0.2) is 4.39 Å². The van der Waals surface area contributed by atoms with Crippen LogP contribution in [0, 0.1) is 5.82 Å². The van der Waals surface area contributed by atoms with Crippen molar-refractivity contribution in [2.75, 3.05) is 24.5 Å². The lowest BCUT2D eigenvalue weighted by atomic mass is 10.0. The van der Waals surface area contributed by atoms with Crippen LogP contribution < -0.4 is 10.2 Å². The molecule has 2 unspecified atom stereocenters. The van der Waals surface area contributed by atoms with Crippen LogP contribution in [0.15, 0.2) is 18.2 Å². The second kappa shape index (κ2) is 6.32. The average Bonchev–Trinajstić information content (AvgIpc) is 2.36. The highest BCUT2D eigenvalue weighted by molar-refractivity contribution is 5.56. The molecule has 0 saturated carbocycles. The number of anilines is 1. The summed E-state index contributed by atoms with van der Waals surface area (Å²) in [5, 5.41) is 3.38. The number of hydrogen-bond donors (Lipinski definition) is 1. The third-order valence-corrected chi connectivity index (χ3v) is 3.88. The van der Waals surface area contributed by atoms with Crippen molar-refractivity contribution in [3.8, 4) is 0 Å². The third kappa shape index (κ3) is 3.95. The summed E-state index contributed by atoms with van der Waals surface area (Å²) in [6.07, 6.45) is 0.168. The monoisotopic (exact) mass is 294 g/mol. The summed E-state index contributed by atoms with van der Waals surface area (Å²) < 4.78 is 19.6. The molecule has 4 heteroatoms. The van der Waals surface area contributed by atoms with Gasteiger partial charge >= 0.3 is 0 Å². The van der Waals surface area contributed by atoms with E-state index < -0.39 is 0 Å². The van der Waals surface area contributed by atoms with Crippen LogP contribution in [0.25, 0.3) is 0 Å². The van der Waals surface area contributed by atoms with Crippen LogP contribution in [0.2, 0.25) is 0 Å². The summed E-state index contributed by atoms with van der Waals surface area (Å²) in [7, 11) is 0. The molecule has 1 aromatic carbocycles. The first kappa shape index (κ1) is 16.2. The maximum Gasteiger partial charge on any atom is 0.123 e. The molecular weight excluding hydrogens is 267 g/mol. The van der Waals surface area contributed by atoms with E-state index >= 15 is 0 Å². The molecule has 0 spiro atoms. The summed E-state index contributed by atoms with van der Waals surface area (Å²) in [4.78, 5) is 2.32. The summed E-state index contributed by atoms with van der Waals surface area (Å²) in [5.74, 6) is -0.181. The Balaban J connectivity index is 2.34. The van der Waals surface area contributed by atoms with E-state index in [1.54, 1.807) is 12.1 Å². The molecule has 2 rings (SSSR count). The Morgan fingerprint density at radius 2 is 2.19 bits per heavy atom. The predicted octanol–water partition coefficient (Wildman–Crippen LogP) is 3.50. The van der Waals surface area contributed by atoms with Crippen LogP contribution >= 0.6 is 0 Å². The number of hydrogen-bond acceptors (Lipinski definition) is 3. The van der Waals surface area contributed by atoms with Crippen molar-refractivity contribution in [1.82, 2.24) is 5.32 Å². The van der Waals surface area contributed by atoms with E-state index in [-0.39, 0.29) is 23.6 Å². The number of rotatable bonds is 4. The molecule has 3 nitrogen and oxygen atoms in total. The van der Waals surface area contributed by atoms with Gasteiger partial charge in [-0.1, -0.05) is 6.92 Å². The van der Waals surface area contributed by atoms with Gasteiger partial charge in [-0.2, -0.15) is 0 Å². The third-order valence-electron chi connectivity index (χ3n) is 3.88. The van der Waals surface area contributed by atoms with E-state index in [0.29, 0.717) is 0 Å². The fourth-order valence-electron chi connectivity index (χ4n) is 3.21. The van der Waals surface area contributed by atoms with Crippen molar-refractivity contribution in [2.45, 2.75) is 52.4 Å². The molecule has 0 bridgehead atoms. The molecule has 1 aliphatic heterocycles. The molecular formula is C17H27FN2O. The van der Waals surface area contributed by atoms with Gasteiger partial charge in [-0.15, -0.1) is 0 Å². The number of morpholine rings is 1. The van der Waals surface area contributed by atoms with E-state index in [4.69, 9.17) is 4.74 Å². The molecule has 0 radical (unpaired) electrons. The topological polar surface area (TPSA) is 24.5 Å². The molecule has 0 aromatic heterocycles. The predicted molar refractivity (Wildman–Crippen MR) is 85.3 cm³/mol. The lowest BCUT2D eigenvalue weighted by molar-refractivity contribution is -0.0750. The summed E-state index contributed by atoms with van der Waals surface area (Å²) in [5.41, 5.74) is 1.93. The molecule has 2 atom stereocenters. The Kier molecular flexibility index (Phi) is 4.89. The highest BCUT2D eigenvalue weighted by Gasteiger charge is 2.32. The number of ether oxygens (including phenoxy) is 1. The average molecular weight is 294 g/mol. The molecule has 1 aromatic rings. The minimum Gasteiger partial charge on any atom is -0.369 e. The Labute approximate surface area is 127 Å². The molecule has 1 saturated heterocycles. The zero-order valence-corrected chi connectivity index (χ0v) is 13.7. The minimum atomic E-state index is -0.190. The fraction of sp³-hybridized carbons (Fsp3) is 0.647. The van der Waals surface area contributed by atoms with Gasteiger partial charge in [-0.3, -0.25) is 0 Å². The van der Waals surface area contributed by atoms with Crippen molar-refractivity contribution < 1.29 is 9.13 Å². The molecule has 1 N–H and O–H groups in total. The summed E-state index contributed by atoms with van der Waals surface area (Å²) in [6.45, 7) is 13.0. The van der Waals surface area contributed by atoms with Crippen molar-refractivity contribution in [3.63, 3.8) is 0 Å². The van der Waals surface area contributed by atoms with Gasteiger partial charge in [0, 0.05) is 24.8 Å². The van der Waals surface area contributed by atoms with Gasteiger partial charge in [0.1, 0.15) is 5.82 Å². The van der Waals surface area contributed by atoms with Crippen molar-refractivity contribution >= 4 is 5.69 Å². The standard InChI is InChI=1S/C17H27FN2O/c1-6-19-13(3)15-9-14(18)7-8-16(15)20-10-12(2)21-17(4,5)11-20/h7-9,12-13,19H,6,10-11H2,1-5H3. The summed E-state index contributed by atoms with van der Waals surface area (Å²) >= 11 is 0. The van der Waals surface area contributed by atoms with Gasteiger partial charge in [0.15, 0.2) is 0 Å². The van der Waals surface area contributed by atoms with Crippen LogP contribution in [-0.2, 0) is 4.74 Å². The quantitative estimate of drug-likeness (QED) is 0.920. The smallest absolute Gasteiger partial charge is 0.123 e. The van der Waals surface area contributed by atoms with Crippen molar-refractivity contribution in [3.05, 3.63) is 29.6 Å². The molecule has 21 heavy (non-hydrogen) atoms. The number of benzene rings is 1. The maximum atomic E-state index is 13.7. The van der Waals surface area contributed by atoms with Crippen LogP contribution in [-0.4, -0.2) is 31.3 Å². The van der Waals surface area contributed by atoms with Gasteiger partial charge in [0.2, 0.25) is 0 Å². The number of nitrogens with one attached hydrogen (secondary N) is 1. The van der Waals surface area contributed by atoms with E-state index in [1.165, 1.54) is 0 Å². The second-order valence-electron chi connectivity index (χ2n) is 6.55. The Morgan fingerprint density at radius 1 is 1.48 bits per heavy atom. The van der Waals surface area contributed by atoms with Gasteiger partial charge < -0.3 is 15.0 Å². The van der Waals surface area contributed by atoms with Crippen LogP contribution in [0.4, 0.5) is 10.1 Å². The lowest BCUT2D eigenvalue weighted by Gasteiger charge is -2.43. The minimum absolute atomic E-state index is 0.127. The molecule has 118 valence electrons. The first-order chi connectivity index (χ1) is 9.82. The van der Waals surface area contributed by atoms with Crippen LogP contribution in [0.1, 0.15) is 46.2 Å². The van der Waals surface area contributed by atoms with Crippen LogP contribution in [0.3, 0.4) is 0 Å². The first-order valence-corrected chi connectivity index (χ1v) is 7.78. The van der Waals surface area contributed by atoms with Crippen molar-refractivity contribution in [1.29, 1.82) is 0 Å². The highest BCUT2D eigenvalue weighted by atomic mass is 19.1. The summed E-state index contributed by atoms with van der Waals surface area (Å²) in [6, 6.07) is 5.22. The van der Waals surface area contributed by atoms with E-state index in [2.05, 4.69) is 44.8 Å². The number of halogens is 1. The zero-order valence-electron chi connectivity index (χ0n) is 13.7. The first-order valence-electron chi connectivity index (χ1n) is 7.78. The van der Waals surface area contributed by atoms with Gasteiger partial charge in [0.05, 0.1) is 11.7 Å².